The van der Waals surface area contributed by atoms with Gasteiger partial charge in [0.15, 0.2) is 5.96 Å². The lowest BCUT2D eigenvalue weighted by Gasteiger charge is -2.37. The second-order valence-electron chi connectivity index (χ2n) is 15.6. The van der Waals surface area contributed by atoms with Gasteiger partial charge in [-0.25, -0.2) is 0 Å². The van der Waals surface area contributed by atoms with E-state index >= 15 is 0 Å². The van der Waals surface area contributed by atoms with Gasteiger partial charge in [-0.05, 0) is 66.9 Å². The van der Waals surface area contributed by atoms with Gasteiger partial charge in [0.1, 0.15) is 23.7 Å². The van der Waals surface area contributed by atoms with Crippen molar-refractivity contribution in [3.63, 3.8) is 0 Å². The van der Waals surface area contributed by atoms with E-state index in [4.69, 9.17) is 16.9 Å². The van der Waals surface area contributed by atoms with Crippen LogP contribution in [0.1, 0.15) is 75.0 Å². The summed E-state index contributed by atoms with van der Waals surface area (Å²) in [7, 11) is 0. The molecule has 0 aliphatic heterocycles. The standard InChI is InChI=1S/C46H58N10O6/c1-2-3-20-40(58)56-46(23-21-32(22-24-46)31-15-8-5-9-16-31)44(62)55-37(26-30-13-6-4-7-14-30)43(61)53-36(19-12-25-50-45(48)49)42(60)54-38(41(59)52-29-39(47)57)27-33-28-51-35-18-11-10-17-34(33)35/h4-11,13-18,21,28,36-38,51H,2-3,12,19-20,22-27,29H2,1H3,(H2,47,57)(H,52,59)(H,53,61)(H,54,60)(H,55,62)(H,56,58)(H4,48,49,50)/t36-,37+,38-,46?/m0/s1. The average Bonchev–Trinajstić information content (AvgIpc) is 3.68. The number of para-hydroxylation sites is 1. The number of nitrogens with two attached hydrogens (primary N) is 2. The first-order chi connectivity index (χ1) is 29.9. The molecular formula is C46H58N10O6. The number of hydrogen-bond acceptors (Lipinski definition) is 7. The number of fused-ring (bicyclic) bond motifs is 1. The Kier molecular flexibility index (Phi) is 16.8. The van der Waals surface area contributed by atoms with Crippen LogP contribution in [0.15, 0.2) is 97.2 Å². The summed E-state index contributed by atoms with van der Waals surface area (Å²) in [6, 6.07) is 22.8. The molecule has 0 saturated carbocycles. The van der Waals surface area contributed by atoms with E-state index in [1.807, 2.05) is 97.9 Å². The molecule has 0 saturated heterocycles. The van der Waals surface area contributed by atoms with Gasteiger partial charge in [0.05, 0.1) is 6.54 Å². The number of carbonyl (C=O) groups is 6. The van der Waals surface area contributed by atoms with Crippen molar-refractivity contribution in [2.24, 2.45) is 11.5 Å². The van der Waals surface area contributed by atoms with Crippen molar-refractivity contribution in [2.75, 3.05) is 13.1 Å². The first-order valence-corrected chi connectivity index (χ1v) is 21.1. The van der Waals surface area contributed by atoms with E-state index in [1.54, 1.807) is 6.20 Å². The molecule has 4 aromatic rings. The van der Waals surface area contributed by atoms with Crippen LogP contribution in [-0.4, -0.2) is 83.1 Å². The minimum Gasteiger partial charge on any atom is -0.370 e. The molecule has 12 N–H and O–H groups in total. The number of primary amides is 1. The number of nitrogens with one attached hydrogen (secondary N) is 8. The highest BCUT2D eigenvalue weighted by atomic mass is 16.2. The SMILES string of the molecule is CCCCC(=O)NC1(C(=O)N[C@H](Cc2ccccc2)C(=O)N[C@@H](CCCNC(=N)N)C(=O)N[C@@H](Cc2c[nH]c3ccccc23)C(=O)NCC(N)=O)CC=C(c2ccccc2)CC1. The van der Waals surface area contributed by atoms with Gasteiger partial charge < -0.3 is 48.4 Å². The van der Waals surface area contributed by atoms with Crippen molar-refractivity contribution in [1.29, 1.82) is 5.41 Å². The lowest BCUT2D eigenvalue weighted by molar-refractivity contribution is -0.137. The number of unbranched alkanes of at least 4 members (excludes halogenated alkanes) is 1. The van der Waals surface area contributed by atoms with Gasteiger partial charge in [0.25, 0.3) is 0 Å². The maximum absolute atomic E-state index is 14.6. The fourth-order valence-electron chi connectivity index (χ4n) is 7.53. The highest BCUT2D eigenvalue weighted by Gasteiger charge is 2.43. The number of guanidine groups is 1. The Labute approximate surface area is 361 Å². The summed E-state index contributed by atoms with van der Waals surface area (Å²) in [5.74, 6) is -3.86. The summed E-state index contributed by atoms with van der Waals surface area (Å²) < 4.78 is 0. The topological polar surface area (TPSA) is 266 Å². The van der Waals surface area contributed by atoms with Crippen LogP contribution in [0.5, 0.6) is 0 Å². The number of benzene rings is 3. The van der Waals surface area contributed by atoms with Gasteiger partial charge in [0.2, 0.25) is 35.4 Å². The number of H-pyrrole nitrogens is 1. The van der Waals surface area contributed by atoms with Crippen LogP contribution in [0.4, 0.5) is 0 Å². The highest BCUT2D eigenvalue weighted by Crippen LogP contribution is 2.33. The smallest absolute Gasteiger partial charge is 0.246 e. The molecule has 1 heterocycles. The molecule has 16 heteroatoms. The van der Waals surface area contributed by atoms with Crippen LogP contribution in [0, 0.1) is 5.41 Å². The summed E-state index contributed by atoms with van der Waals surface area (Å²) in [6.45, 7) is 1.73. The molecule has 0 spiro atoms. The lowest BCUT2D eigenvalue weighted by atomic mass is 9.79. The molecule has 5 rings (SSSR count). The number of allylic oxidation sites excluding steroid dienone is 1. The summed E-state index contributed by atoms with van der Waals surface area (Å²) in [5, 5.41) is 25.2. The maximum atomic E-state index is 14.6. The monoisotopic (exact) mass is 846 g/mol. The molecule has 0 fully saturated rings. The van der Waals surface area contributed by atoms with Crippen molar-refractivity contribution in [2.45, 2.75) is 94.8 Å². The van der Waals surface area contributed by atoms with Crippen LogP contribution in [0.25, 0.3) is 16.5 Å². The molecule has 0 radical (unpaired) electrons. The first kappa shape index (κ1) is 46.1. The Balaban J connectivity index is 1.42. The molecule has 1 unspecified atom stereocenters. The number of rotatable bonds is 22. The quantitative estimate of drug-likeness (QED) is 0.0319. The predicted molar refractivity (Wildman–Crippen MR) is 238 cm³/mol. The van der Waals surface area contributed by atoms with Crippen LogP contribution >= 0.6 is 0 Å². The van der Waals surface area contributed by atoms with E-state index in [0.29, 0.717) is 19.3 Å². The minimum atomic E-state index is -1.35. The van der Waals surface area contributed by atoms with E-state index in [2.05, 4.69) is 36.9 Å². The summed E-state index contributed by atoms with van der Waals surface area (Å²) in [4.78, 5) is 85.0. The van der Waals surface area contributed by atoms with Gasteiger partial charge in [-0.2, -0.15) is 0 Å². The number of amides is 6. The normalized spacial score (nSPS) is 16.1. The van der Waals surface area contributed by atoms with Crippen LogP contribution in [-0.2, 0) is 41.6 Å². The Bertz CT molecular complexity index is 2230. The Hall–Kier alpha value is -6.97. The van der Waals surface area contributed by atoms with Gasteiger partial charge in [-0.15, -0.1) is 0 Å². The largest absolute Gasteiger partial charge is 0.370 e. The van der Waals surface area contributed by atoms with Crippen molar-refractivity contribution >= 4 is 57.9 Å². The van der Waals surface area contributed by atoms with Crippen molar-refractivity contribution in [1.82, 2.24) is 36.9 Å². The second-order valence-corrected chi connectivity index (χ2v) is 15.6. The number of aromatic nitrogens is 1. The third kappa shape index (κ3) is 13.3. The fourth-order valence-corrected chi connectivity index (χ4v) is 7.53. The predicted octanol–water partition coefficient (Wildman–Crippen LogP) is 2.58. The number of aromatic amines is 1. The zero-order valence-corrected chi connectivity index (χ0v) is 35.1. The van der Waals surface area contributed by atoms with E-state index in [1.165, 1.54) is 0 Å². The summed E-state index contributed by atoms with van der Waals surface area (Å²) in [6.07, 6.45) is 6.80. The van der Waals surface area contributed by atoms with Crippen LogP contribution in [0.2, 0.25) is 0 Å². The molecule has 1 aliphatic carbocycles. The fraction of sp³-hybridized carbons (Fsp3) is 0.370. The van der Waals surface area contributed by atoms with E-state index in [-0.39, 0.29) is 56.9 Å². The van der Waals surface area contributed by atoms with Crippen molar-refractivity contribution in [3.8, 4) is 0 Å². The minimum absolute atomic E-state index is 0.0338. The molecule has 328 valence electrons. The average molecular weight is 847 g/mol. The van der Waals surface area contributed by atoms with Crippen molar-refractivity contribution in [3.05, 3.63) is 114 Å². The lowest BCUT2D eigenvalue weighted by Crippen LogP contribution is -2.63. The Morgan fingerprint density at radius 2 is 1.44 bits per heavy atom. The summed E-state index contributed by atoms with van der Waals surface area (Å²) in [5.41, 5.74) is 13.8. The molecule has 16 nitrogen and oxygen atoms in total. The zero-order valence-electron chi connectivity index (χ0n) is 35.1. The van der Waals surface area contributed by atoms with E-state index in [0.717, 1.165) is 39.6 Å². The highest BCUT2D eigenvalue weighted by molar-refractivity contribution is 5.98. The Morgan fingerprint density at radius 3 is 2.11 bits per heavy atom. The molecule has 6 amide bonds. The van der Waals surface area contributed by atoms with E-state index in [9.17, 15) is 28.8 Å². The third-order valence-electron chi connectivity index (χ3n) is 10.9. The third-order valence-corrected chi connectivity index (χ3v) is 10.9. The zero-order chi connectivity index (χ0) is 44.5. The molecule has 3 aromatic carbocycles. The second kappa shape index (κ2) is 22.6. The van der Waals surface area contributed by atoms with E-state index < -0.39 is 59.7 Å². The van der Waals surface area contributed by atoms with Gasteiger partial charge >= 0.3 is 0 Å². The number of hydrogen-bond donors (Lipinski definition) is 10. The van der Waals surface area contributed by atoms with Gasteiger partial charge in [-0.3, -0.25) is 34.2 Å². The first-order valence-electron chi connectivity index (χ1n) is 21.1. The number of carbonyl (C=O) groups excluding carboxylic acids is 6. The maximum Gasteiger partial charge on any atom is 0.246 e. The van der Waals surface area contributed by atoms with Gasteiger partial charge in [-0.1, -0.05) is 98.3 Å². The molecule has 1 aromatic heterocycles. The van der Waals surface area contributed by atoms with Crippen LogP contribution in [0.3, 0.4) is 0 Å². The summed E-state index contributed by atoms with van der Waals surface area (Å²) >= 11 is 0. The van der Waals surface area contributed by atoms with Crippen LogP contribution < -0.4 is 43.4 Å². The molecule has 0 bridgehead atoms. The van der Waals surface area contributed by atoms with Gasteiger partial charge in [0, 0.05) is 42.9 Å². The van der Waals surface area contributed by atoms with Crippen molar-refractivity contribution < 1.29 is 28.8 Å². The molecule has 4 atom stereocenters. The molecule has 62 heavy (non-hydrogen) atoms. The molecule has 1 aliphatic rings. The molecular weight excluding hydrogens is 789 g/mol. The Morgan fingerprint density at radius 1 is 0.774 bits per heavy atom.